The Balaban J connectivity index is 1.58. The predicted octanol–water partition coefficient (Wildman–Crippen LogP) is 2.59. The number of nitrogens with zero attached hydrogens (tertiary/aromatic N) is 2. The molecule has 1 heterocycles. The Morgan fingerprint density at radius 3 is 2.50 bits per heavy atom. The van der Waals surface area contributed by atoms with Crippen molar-refractivity contribution in [2.75, 3.05) is 37.6 Å². The first-order chi connectivity index (χ1) is 9.78. The van der Waals surface area contributed by atoms with E-state index in [4.69, 9.17) is 17.3 Å². The van der Waals surface area contributed by atoms with Gasteiger partial charge in [-0.2, -0.15) is 0 Å². The van der Waals surface area contributed by atoms with Gasteiger partial charge in [-0.15, -0.1) is 0 Å². The average Bonchev–Trinajstić information content (AvgIpc) is 2.43. The number of hydrogen-bond acceptors (Lipinski definition) is 3. The van der Waals surface area contributed by atoms with Crippen LogP contribution < -0.4 is 10.6 Å². The zero-order chi connectivity index (χ0) is 13.9. The van der Waals surface area contributed by atoms with Crippen LogP contribution in [0.4, 0.5) is 5.69 Å². The van der Waals surface area contributed by atoms with E-state index in [1.807, 2.05) is 12.1 Å². The van der Waals surface area contributed by atoms with Gasteiger partial charge in [0.15, 0.2) is 0 Å². The largest absolute Gasteiger partial charge is 0.369 e. The summed E-state index contributed by atoms with van der Waals surface area (Å²) < 4.78 is 0. The maximum absolute atomic E-state index is 6.08. The molecule has 0 aromatic heterocycles. The van der Waals surface area contributed by atoms with Crippen molar-refractivity contribution in [3.05, 3.63) is 29.3 Å². The third-order valence-electron chi connectivity index (χ3n) is 4.89. The fourth-order valence-corrected chi connectivity index (χ4v) is 3.63. The van der Waals surface area contributed by atoms with Crippen molar-refractivity contribution in [2.24, 2.45) is 11.7 Å². The van der Waals surface area contributed by atoms with Gasteiger partial charge in [0.05, 0.1) is 0 Å². The third-order valence-corrected chi connectivity index (χ3v) is 5.13. The van der Waals surface area contributed by atoms with Crippen LogP contribution in [0.1, 0.15) is 19.3 Å². The molecule has 1 aromatic carbocycles. The Hall–Kier alpha value is -0.770. The Morgan fingerprint density at radius 2 is 1.95 bits per heavy atom. The van der Waals surface area contributed by atoms with Gasteiger partial charge in [0.25, 0.3) is 0 Å². The predicted molar refractivity (Wildman–Crippen MR) is 85.4 cm³/mol. The van der Waals surface area contributed by atoms with E-state index in [0.29, 0.717) is 6.04 Å². The molecule has 0 bridgehead atoms. The molecular weight excluding hydrogens is 270 g/mol. The standard InChI is InChI=1S/C16H24ClN3/c17-14-5-2-6-15(11-14)19-7-9-20(10-8-19)16(12-18)13-3-1-4-13/h2,5-6,11,13,16H,1,3-4,7-10,12,18H2. The van der Waals surface area contributed by atoms with Gasteiger partial charge in [0.1, 0.15) is 0 Å². The molecule has 0 spiro atoms. The number of rotatable bonds is 4. The molecule has 3 nitrogen and oxygen atoms in total. The lowest BCUT2D eigenvalue weighted by Gasteiger charge is -2.45. The molecule has 1 saturated heterocycles. The average molecular weight is 294 g/mol. The van der Waals surface area contributed by atoms with E-state index in [1.165, 1.54) is 24.9 Å². The fraction of sp³-hybridized carbons (Fsp3) is 0.625. The Bertz CT molecular complexity index is 439. The lowest BCUT2D eigenvalue weighted by molar-refractivity contribution is 0.0951. The summed E-state index contributed by atoms with van der Waals surface area (Å²) in [4.78, 5) is 5.03. The van der Waals surface area contributed by atoms with Crippen LogP contribution in [0.2, 0.25) is 5.02 Å². The maximum atomic E-state index is 6.08. The molecule has 2 N–H and O–H groups in total. The Morgan fingerprint density at radius 1 is 1.20 bits per heavy atom. The number of hydrogen-bond donors (Lipinski definition) is 1. The van der Waals surface area contributed by atoms with Gasteiger partial charge in [-0.1, -0.05) is 24.1 Å². The molecule has 0 radical (unpaired) electrons. The van der Waals surface area contributed by atoms with Crippen molar-refractivity contribution >= 4 is 17.3 Å². The van der Waals surface area contributed by atoms with Gasteiger partial charge in [-0.25, -0.2) is 0 Å². The summed E-state index contributed by atoms with van der Waals surface area (Å²) in [5, 5.41) is 0.819. The van der Waals surface area contributed by atoms with E-state index in [0.717, 1.165) is 43.7 Å². The zero-order valence-corrected chi connectivity index (χ0v) is 12.7. The lowest BCUT2D eigenvalue weighted by atomic mass is 9.79. The Labute approximate surface area is 126 Å². The van der Waals surface area contributed by atoms with E-state index in [1.54, 1.807) is 0 Å². The summed E-state index contributed by atoms with van der Waals surface area (Å²) in [6.45, 7) is 5.19. The molecular formula is C16H24ClN3. The van der Waals surface area contributed by atoms with E-state index in [9.17, 15) is 0 Å². The molecule has 110 valence electrons. The topological polar surface area (TPSA) is 32.5 Å². The third kappa shape index (κ3) is 2.95. The summed E-state index contributed by atoms with van der Waals surface area (Å²) in [6.07, 6.45) is 4.14. The van der Waals surface area contributed by atoms with Crippen LogP contribution in [0, 0.1) is 5.92 Å². The summed E-state index contributed by atoms with van der Waals surface area (Å²) in [7, 11) is 0. The minimum Gasteiger partial charge on any atom is -0.369 e. The number of nitrogens with two attached hydrogens (primary N) is 1. The van der Waals surface area contributed by atoms with Crippen LogP contribution in [0.3, 0.4) is 0 Å². The first-order valence-corrected chi connectivity index (χ1v) is 8.10. The van der Waals surface area contributed by atoms with Crippen molar-refractivity contribution < 1.29 is 0 Å². The maximum Gasteiger partial charge on any atom is 0.0426 e. The Kier molecular flexibility index (Phi) is 4.49. The smallest absolute Gasteiger partial charge is 0.0426 e. The first-order valence-electron chi connectivity index (χ1n) is 7.72. The minimum absolute atomic E-state index is 0.602. The molecule has 1 aliphatic carbocycles. The molecule has 1 atom stereocenters. The van der Waals surface area contributed by atoms with E-state index in [2.05, 4.69) is 21.9 Å². The van der Waals surface area contributed by atoms with Crippen LogP contribution in [0.5, 0.6) is 0 Å². The molecule has 2 aliphatic rings. The number of piperazine rings is 1. The molecule has 1 aliphatic heterocycles. The fourth-order valence-electron chi connectivity index (χ4n) is 3.45. The summed E-state index contributed by atoms with van der Waals surface area (Å²) >= 11 is 6.08. The number of benzene rings is 1. The normalized spacial score (nSPS) is 22.6. The molecule has 20 heavy (non-hydrogen) atoms. The van der Waals surface area contributed by atoms with Crippen molar-refractivity contribution in [3.8, 4) is 0 Å². The SMILES string of the molecule is NCC(C1CCC1)N1CCN(c2cccc(Cl)c2)CC1. The van der Waals surface area contributed by atoms with Crippen LogP contribution in [-0.2, 0) is 0 Å². The van der Waals surface area contributed by atoms with Crippen LogP contribution in [0.25, 0.3) is 0 Å². The molecule has 3 rings (SSSR count). The van der Waals surface area contributed by atoms with Crippen molar-refractivity contribution in [2.45, 2.75) is 25.3 Å². The first kappa shape index (κ1) is 14.2. The van der Waals surface area contributed by atoms with E-state index < -0.39 is 0 Å². The molecule has 1 unspecified atom stereocenters. The minimum atomic E-state index is 0.602. The van der Waals surface area contributed by atoms with Crippen molar-refractivity contribution in [1.29, 1.82) is 0 Å². The second-order valence-electron chi connectivity index (χ2n) is 6.00. The van der Waals surface area contributed by atoms with Crippen molar-refractivity contribution in [1.82, 2.24) is 4.90 Å². The van der Waals surface area contributed by atoms with Gasteiger partial charge in [-0.3, -0.25) is 4.90 Å². The highest BCUT2D eigenvalue weighted by Crippen LogP contribution is 2.32. The molecule has 4 heteroatoms. The molecule has 0 amide bonds. The highest BCUT2D eigenvalue weighted by atomic mass is 35.5. The van der Waals surface area contributed by atoms with E-state index >= 15 is 0 Å². The number of anilines is 1. The molecule has 1 saturated carbocycles. The summed E-state index contributed by atoms with van der Waals surface area (Å²) in [5.41, 5.74) is 7.25. The van der Waals surface area contributed by atoms with Gasteiger partial charge < -0.3 is 10.6 Å². The quantitative estimate of drug-likeness (QED) is 0.926. The monoisotopic (exact) mass is 293 g/mol. The van der Waals surface area contributed by atoms with Crippen molar-refractivity contribution in [3.63, 3.8) is 0 Å². The second kappa shape index (κ2) is 6.33. The molecule has 1 aromatic rings. The molecule has 2 fully saturated rings. The van der Waals surface area contributed by atoms with Gasteiger partial charge in [0.2, 0.25) is 0 Å². The van der Waals surface area contributed by atoms with Gasteiger partial charge >= 0.3 is 0 Å². The second-order valence-corrected chi connectivity index (χ2v) is 6.43. The van der Waals surface area contributed by atoms with Gasteiger partial charge in [-0.05, 0) is 37.0 Å². The van der Waals surface area contributed by atoms with Crippen LogP contribution in [-0.4, -0.2) is 43.7 Å². The summed E-state index contributed by atoms with van der Waals surface area (Å²) in [5.74, 6) is 0.845. The van der Waals surface area contributed by atoms with Crippen LogP contribution in [0.15, 0.2) is 24.3 Å². The zero-order valence-electron chi connectivity index (χ0n) is 12.0. The van der Waals surface area contributed by atoms with Crippen LogP contribution >= 0.6 is 11.6 Å². The lowest BCUT2D eigenvalue weighted by Crippen LogP contribution is -2.55. The highest BCUT2D eigenvalue weighted by Gasteiger charge is 2.32. The van der Waals surface area contributed by atoms with E-state index in [-0.39, 0.29) is 0 Å². The summed E-state index contributed by atoms with van der Waals surface area (Å²) in [6, 6.07) is 8.77. The number of halogens is 1. The highest BCUT2D eigenvalue weighted by molar-refractivity contribution is 6.30. The van der Waals surface area contributed by atoms with Gasteiger partial charge in [0, 0.05) is 49.5 Å².